The summed E-state index contributed by atoms with van der Waals surface area (Å²) in [6.07, 6.45) is 0.689. The second-order valence-electron chi connectivity index (χ2n) is 8.96. The number of halogens is 2. The number of carbonyl (C=O) groups is 3. The highest BCUT2D eigenvalue weighted by atomic mass is 35.5. The van der Waals surface area contributed by atoms with Crippen LogP contribution in [0.15, 0.2) is 66.7 Å². The van der Waals surface area contributed by atoms with Crippen molar-refractivity contribution in [1.29, 1.82) is 0 Å². The van der Waals surface area contributed by atoms with Crippen molar-refractivity contribution in [2.75, 3.05) is 23.5 Å². The van der Waals surface area contributed by atoms with Crippen LogP contribution in [0.3, 0.4) is 0 Å². The molecule has 4 rings (SSSR count). The van der Waals surface area contributed by atoms with Crippen LogP contribution in [0.25, 0.3) is 0 Å². The summed E-state index contributed by atoms with van der Waals surface area (Å²) < 4.78 is 23.8. The Kier molecular flexibility index (Phi) is 8.32. The Labute approximate surface area is 225 Å². The third-order valence-corrected chi connectivity index (χ3v) is 6.76. The number of benzene rings is 3. The summed E-state index contributed by atoms with van der Waals surface area (Å²) in [5.74, 6) is -0.972. The Hall–Kier alpha value is -3.91. The molecule has 0 fully saturated rings. The highest BCUT2D eigenvalue weighted by Gasteiger charge is 2.39. The van der Waals surface area contributed by atoms with E-state index in [2.05, 4.69) is 4.74 Å². The molecule has 1 aliphatic heterocycles. The van der Waals surface area contributed by atoms with Crippen LogP contribution in [0.5, 0.6) is 5.75 Å². The lowest BCUT2D eigenvalue weighted by Crippen LogP contribution is -2.47. The Bertz CT molecular complexity index is 1330. The molecule has 0 saturated heterocycles. The van der Waals surface area contributed by atoms with Gasteiger partial charge in [0.05, 0.1) is 13.2 Å². The Morgan fingerprint density at radius 3 is 2.37 bits per heavy atom. The van der Waals surface area contributed by atoms with Crippen molar-refractivity contribution in [2.24, 2.45) is 0 Å². The number of hydrogen-bond donors (Lipinski definition) is 0. The standard InChI is InChI=1S/C29H28ClFN2O5/c1-4-27(34)33(22-11-7-20(30)8-12-22)26-15-18(2)32(29(36)19-5-9-21(31)10-6-19)25-14-13-23(16-24(25)26)38-17-28(35)37-3/h5-14,16,18,26H,4,15,17H2,1-3H3/t18?,26-/m0/s1. The molecule has 1 heterocycles. The topological polar surface area (TPSA) is 76.2 Å². The van der Waals surface area contributed by atoms with Gasteiger partial charge in [-0.1, -0.05) is 18.5 Å². The summed E-state index contributed by atoms with van der Waals surface area (Å²) in [5, 5.41) is 0.546. The highest BCUT2D eigenvalue weighted by molar-refractivity contribution is 6.30. The maximum atomic E-state index is 13.6. The van der Waals surface area contributed by atoms with Gasteiger partial charge in [0.15, 0.2) is 6.61 Å². The monoisotopic (exact) mass is 538 g/mol. The van der Waals surface area contributed by atoms with Gasteiger partial charge in [-0.15, -0.1) is 0 Å². The lowest BCUT2D eigenvalue weighted by Gasteiger charge is -2.43. The third-order valence-electron chi connectivity index (χ3n) is 6.50. The van der Waals surface area contributed by atoms with E-state index in [0.29, 0.717) is 39.7 Å². The fourth-order valence-electron chi connectivity index (χ4n) is 4.66. The van der Waals surface area contributed by atoms with Crippen LogP contribution in [-0.4, -0.2) is 37.5 Å². The predicted molar refractivity (Wildman–Crippen MR) is 143 cm³/mol. The first-order valence-corrected chi connectivity index (χ1v) is 12.6. The van der Waals surface area contributed by atoms with Crippen molar-refractivity contribution < 1.29 is 28.2 Å². The van der Waals surface area contributed by atoms with E-state index >= 15 is 0 Å². The fourth-order valence-corrected chi connectivity index (χ4v) is 4.78. The molecule has 198 valence electrons. The van der Waals surface area contributed by atoms with Crippen LogP contribution in [-0.2, 0) is 14.3 Å². The van der Waals surface area contributed by atoms with Crippen molar-refractivity contribution in [3.05, 3.63) is 88.7 Å². The molecule has 3 aromatic rings. The molecule has 7 nitrogen and oxygen atoms in total. The first-order valence-electron chi connectivity index (χ1n) is 12.2. The molecule has 3 aromatic carbocycles. The van der Waals surface area contributed by atoms with Gasteiger partial charge in [0, 0.05) is 40.0 Å². The summed E-state index contributed by atoms with van der Waals surface area (Å²) >= 11 is 6.11. The minimum Gasteiger partial charge on any atom is -0.482 e. The summed E-state index contributed by atoms with van der Waals surface area (Å²) in [5.41, 5.74) is 2.28. The van der Waals surface area contributed by atoms with Crippen molar-refractivity contribution >= 4 is 40.8 Å². The molecule has 0 bridgehead atoms. The van der Waals surface area contributed by atoms with Gasteiger partial charge >= 0.3 is 5.97 Å². The van der Waals surface area contributed by atoms with Gasteiger partial charge in [-0.3, -0.25) is 9.59 Å². The first kappa shape index (κ1) is 27.1. The number of esters is 1. The van der Waals surface area contributed by atoms with E-state index in [1.807, 2.05) is 6.92 Å². The molecule has 38 heavy (non-hydrogen) atoms. The molecule has 0 saturated carbocycles. The van der Waals surface area contributed by atoms with Crippen LogP contribution in [0.4, 0.5) is 15.8 Å². The summed E-state index contributed by atoms with van der Waals surface area (Å²) in [4.78, 5) is 41.9. The highest BCUT2D eigenvalue weighted by Crippen LogP contribution is 2.44. The average molecular weight is 539 g/mol. The molecule has 2 atom stereocenters. The maximum absolute atomic E-state index is 13.6. The quantitative estimate of drug-likeness (QED) is 0.347. The number of carbonyl (C=O) groups excluding carboxylic acids is 3. The molecule has 1 unspecified atom stereocenters. The van der Waals surface area contributed by atoms with Crippen LogP contribution < -0.4 is 14.5 Å². The number of rotatable bonds is 7. The van der Waals surface area contributed by atoms with Gasteiger partial charge in [-0.05, 0) is 80.1 Å². The van der Waals surface area contributed by atoms with Gasteiger partial charge in [0.1, 0.15) is 11.6 Å². The zero-order valence-corrected chi connectivity index (χ0v) is 22.1. The van der Waals surface area contributed by atoms with Crippen molar-refractivity contribution in [3.63, 3.8) is 0 Å². The number of fused-ring (bicyclic) bond motifs is 1. The van der Waals surface area contributed by atoms with Crippen LogP contribution in [0, 0.1) is 5.82 Å². The first-order chi connectivity index (χ1) is 18.2. The minimum atomic E-state index is -0.537. The third kappa shape index (κ3) is 5.65. The molecule has 0 N–H and O–H groups in total. The van der Waals surface area contributed by atoms with Gasteiger partial charge in [-0.25, -0.2) is 9.18 Å². The number of anilines is 2. The Morgan fingerprint density at radius 1 is 1.05 bits per heavy atom. The SMILES string of the molecule is CCC(=O)N(c1ccc(Cl)cc1)[C@H]1CC(C)N(C(=O)c2ccc(F)cc2)c2ccc(OCC(=O)OC)cc21. The molecular formula is C29H28ClFN2O5. The van der Waals surface area contributed by atoms with E-state index in [-0.39, 0.29) is 30.9 Å². The normalized spacial score (nSPS) is 16.4. The number of nitrogens with zero attached hydrogens (tertiary/aromatic N) is 2. The van der Waals surface area contributed by atoms with Crippen molar-refractivity contribution in [1.82, 2.24) is 0 Å². The van der Waals surface area contributed by atoms with E-state index in [1.165, 1.54) is 31.4 Å². The lowest BCUT2D eigenvalue weighted by atomic mass is 9.89. The second-order valence-corrected chi connectivity index (χ2v) is 9.40. The smallest absolute Gasteiger partial charge is 0.343 e. The van der Waals surface area contributed by atoms with Crippen LogP contribution in [0.2, 0.25) is 5.02 Å². The average Bonchev–Trinajstić information content (AvgIpc) is 2.92. The van der Waals surface area contributed by atoms with Crippen LogP contribution in [0.1, 0.15) is 48.7 Å². The number of ether oxygens (including phenoxy) is 2. The van der Waals surface area contributed by atoms with E-state index in [4.69, 9.17) is 16.3 Å². The molecule has 0 aromatic heterocycles. The Morgan fingerprint density at radius 2 is 1.74 bits per heavy atom. The van der Waals surface area contributed by atoms with Gasteiger partial charge in [0.2, 0.25) is 5.91 Å². The zero-order valence-electron chi connectivity index (χ0n) is 21.3. The van der Waals surface area contributed by atoms with Gasteiger partial charge in [-0.2, -0.15) is 0 Å². The number of amides is 2. The maximum Gasteiger partial charge on any atom is 0.343 e. The summed E-state index contributed by atoms with van der Waals surface area (Å²) in [6, 6.07) is 16.8. The molecule has 1 aliphatic rings. The molecule has 0 spiro atoms. The van der Waals surface area contributed by atoms with E-state index in [0.717, 1.165) is 0 Å². The molecule has 9 heteroatoms. The van der Waals surface area contributed by atoms with E-state index in [1.54, 1.807) is 59.2 Å². The Balaban J connectivity index is 1.82. The van der Waals surface area contributed by atoms with E-state index in [9.17, 15) is 18.8 Å². The second kappa shape index (κ2) is 11.6. The summed E-state index contributed by atoms with van der Waals surface area (Å²) in [7, 11) is 1.27. The molecule has 0 aliphatic carbocycles. The molecule has 0 radical (unpaired) electrons. The van der Waals surface area contributed by atoms with Crippen molar-refractivity contribution in [2.45, 2.75) is 38.8 Å². The number of hydrogen-bond acceptors (Lipinski definition) is 5. The zero-order chi connectivity index (χ0) is 27.4. The van der Waals surface area contributed by atoms with Gasteiger partial charge < -0.3 is 19.3 Å². The van der Waals surface area contributed by atoms with Crippen LogP contribution >= 0.6 is 11.6 Å². The van der Waals surface area contributed by atoms with E-state index < -0.39 is 17.8 Å². The fraction of sp³-hybridized carbons (Fsp3) is 0.276. The van der Waals surface area contributed by atoms with Crippen molar-refractivity contribution in [3.8, 4) is 5.75 Å². The summed E-state index contributed by atoms with van der Waals surface area (Å²) in [6.45, 7) is 3.41. The van der Waals surface area contributed by atoms with Gasteiger partial charge in [0.25, 0.3) is 5.91 Å². The number of methoxy groups -OCH3 is 1. The predicted octanol–water partition coefficient (Wildman–Crippen LogP) is 5.95. The molecular weight excluding hydrogens is 511 g/mol. The largest absolute Gasteiger partial charge is 0.482 e. The lowest BCUT2D eigenvalue weighted by molar-refractivity contribution is -0.142. The minimum absolute atomic E-state index is 0.102. The molecule has 2 amide bonds.